The van der Waals surface area contributed by atoms with Crippen LogP contribution in [0.15, 0.2) is 35.4 Å². The maximum absolute atomic E-state index is 13.3. The van der Waals surface area contributed by atoms with Crippen LogP contribution in [0, 0.1) is 11.7 Å². The Morgan fingerprint density at radius 3 is 2.61 bits per heavy atom. The van der Waals surface area contributed by atoms with E-state index in [1.807, 2.05) is 4.90 Å². The molecule has 5 rings (SSSR count). The third kappa shape index (κ3) is 3.97. The summed E-state index contributed by atoms with van der Waals surface area (Å²) in [5.41, 5.74) is -0.0368. The Balaban J connectivity index is 1.41. The van der Waals surface area contributed by atoms with Crippen LogP contribution >= 0.6 is 0 Å². The highest BCUT2D eigenvalue weighted by Gasteiger charge is 2.37. The number of benzene rings is 1. The van der Waals surface area contributed by atoms with E-state index in [1.165, 1.54) is 23.1 Å². The summed E-state index contributed by atoms with van der Waals surface area (Å²) in [6.07, 6.45) is 5.20. The summed E-state index contributed by atoms with van der Waals surface area (Å²) >= 11 is 0. The maximum atomic E-state index is 13.3. The van der Waals surface area contributed by atoms with Crippen molar-refractivity contribution in [2.75, 3.05) is 13.1 Å². The summed E-state index contributed by atoms with van der Waals surface area (Å²) in [6, 6.07) is 5.76. The first-order valence-corrected chi connectivity index (χ1v) is 10.6. The Kier molecular flexibility index (Phi) is 4.85. The molecule has 9 heteroatoms. The molecular formula is C22H24FN5O3. The van der Waals surface area contributed by atoms with E-state index in [0.717, 1.165) is 12.8 Å². The molecule has 2 aromatic heterocycles. The van der Waals surface area contributed by atoms with Gasteiger partial charge in [-0.25, -0.2) is 14.1 Å². The van der Waals surface area contributed by atoms with Gasteiger partial charge in [0.15, 0.2) is 5.65 Å². The first-order chi connectivity index (χ1) is 14.9. The topological polar surface area (TPSA) is 104 Å². The summed E-state index contributed by atoms with van der Waals surface area (Å²) in [5.74, 6) is 0.328. The Hall–Kier alpha value is -3.07. The number of aliphatic hydroxyl groups is 1. The van der Waals surface area contributed by atoms with Gasteiger partial charge < -0.3 is 15.0 Å². The number of aromatic amines is 1. The number of piperidine rings is 1. The van der Waals surface area contributed by atoms with Gasteiger partial charge in [-0.1, -0.05) is 0 Å². The van der Waals surface area contributed by atoms with E-state index in [4.69, 9.17) is 0 Å². The number of H-pyrrole nitrogens is 1. The number of carbonyl (C=O) groups excluding carboxylic acids is 1. The number of rotatable bonds is 5. The quantitative estimate of drug-likeness (QED) is 0.650. The van der Waals surface area contributed by atoms with Gasteiger partial charge in [0.05, 0.1) is 23.3 Å². The predicted octanol–water partition coefficient (Wildman–Crippen LogP) is 1.94. The molecule has 0 radical (unpaired) electrons. The second-order valence-electron chi connectivity index (χ2n) is 8.69. The van der Waals surface area contributed by atoms with E-state index in [0.29, 0.717) is 60.7 Å². The Bertz CT molecular complexity index is 1170. The molecule has 3 heterocycles. The number of nitrogens with zero attached hydrogens (tertiary/aromatic N) is 4. The van der Waals surface area contributed by atoms with Crippen molar-refractivity contribution in [3.63, 3.8) is 0 Å². The molecule has 0 unspecified atom stereocenters. The number of carbonyl (C=O) groups is 1. The van der Waals surface area contributed by atoms with Crippen LogP contribution in [-0.4, -0.2) is 54.4 Å². The number of likely N-dealkylation sites (tertiary alicyclic amines) is 1. The normalized spacial score (nSPS) is 18.5. The zero-order valence-corrected chi connectivity index (χ0v) is 17.1. The van der Waals surface area contributed by atoms with E-state index in [2.05, 4.69) is 15.1 Å². The number of nitrogens with one attached hydrogen (secondary N) is 1. The lowest BCUT2D eigenvalue weighted by Gasteiger charge is -2.38. The summed E-state index contributed by atoms with van der Waals surface area (Å²) in [6.45, 7) is 0.987. The fourth-order valence-electron chi connectivity index (χ4n) is 4.27. The van der Waals surface area contributed by atoms with Gasteiger partial charge in [-0.15, -0.1) is 0 Å². The molecule has 0 atom stereocenters. The van der Waals surface area contributed by atoms with Crippen LogP contribution in [0.2, 0.25) is 0 Å². The molecule has 31 heavy (non-hydrogen) atoms. The zero-order chi connectivity index (χ0) is 21.6. The average molecular weight is 425 g/mol. The molecule has 2 aliphatic rings. The van der Waals surface area contributed by atoms with Gasteiger partial charge in [0.25, 0.3) is 5.56 Å². The van der Waals surface area contributed by atoms with Crippen molar-refractivity contribution in [3.8, 4) is 5.69 Å². The van der Waals surface area contributed by atoms with Crippen molar-refractivity contribution in [2.45, 2.75) is 44.1 Å². The molecule has 162 valence electrons. The van der Waals surface area contributed by atoms with E-state index in [-0.39, 0.29) is 23.7 Å². The highest BCUT2D eigenvalue weighted by Crippen LogP contribution is 2.34. The summed E-state index contributed by atoms with van der Waals surface area (Å²) in [7, 11) is 0. The van der Waals surface area contributed by atoms with Crippen LogP contribution in [0.25, 0.3) is 16.7 Å². The fraction of sp³-hybridized carbons (Fsp3) is 0.455. The number of hydrogen-bond donors (Lipinski definition) is 2. The summed E-state index contributed by atoms with van der Waals surface area (Å²) in [4.78, 5) is 33.6. The minimum absolute atomic E-state index is 0.163. The highest BCUT2D eigenvalue weighted by molar-refractivity contribution is 5.79. The number of amides is 1. The lowest BCUT2D eigenvalue weighted by Crippen LogP contribution is -2.48. The van der Waals surface area contributed by atoms with Crippen LogP contribution in [0.1, 0.15) is 37.8 Å². The molecule has 1 saturated heterocycles. The van der Waals surface area contributed by atoms with Gasteiger partial charge in [0.2, 0.25) is 5.91 Å². The fourth-order valence-corrected chi connectivity index (χ4v) is 4.27. The second-order valence-corrected chi connectivity index (χ2v) is 8.69. The first kappa shape index (κ1) is 19.9. The summed E-state index contributed by atoms with van der Waals surface area (Å²) < 4.78 is 14.8. The molecule has 8 nitrogen and oxygen atoms in total. The monoisotopic (exact) mass is 425 g/mol. The molecular weight excluding hydrogens is 401 g/mol. The minimum Gasteiger partial charge on any atom is -0.389 e. The smallest absolute Gasteiger partial charge is 0.262 e. The molecule has 1 amide bonds. The van der Waals surface area contributed by atoms with E-state index in [1.54, 1.807) is 12.1 Å². The number of hydrogen-bond acceptors (Lipinski definition) is 5. The third-order valence-corrected chi connectivity index (χ3v) is 6.32. The van der Waals surface area contributed by atoms with Crippen LogP contribution in [0.4, 0.5) is 4.39 Å². The highest BCUT2D eigenvalue weighted by atomic mass is 19.1. The van der Waals surface area contributed by atoms with Crippen molar-refractivity contribution < 1.29 is 14.3 Å². The van der Waals surface area contributed by atoms with Crippen molar-refractivity contribution in [2.24, 2.45) is 5.92 Å². The molecule has 0 bridgehead atoms. The first-order valence-electron chi connectivity index (χ1n) is 10.6. The van der Waals surface area contributed by atoms with Crippen LogP contribution in [0.3, 0.4) is 0 Å². The van der Waals surface area contributed by atoms with Crippen LogP contribution in [-0.2, 0) is 11.2 Å². The minimum atomic E-state index is -1.06. The van der Waals surface area contributed by atoms with Gasteiger partial charge in [-0.2, -0.15) is 5.10 Å². The van der Waals surface area contributed by atoms with Crippen molar-refractivity contribution >= 4 is 16.9 Å². The largest absolute Gasteiger partial charge is 0.389 e. The Morgan fingerprint density at radius 2 is 1.94 bits per heavy atom. The predicted molar refractivity (Wildman–Crippen MR) is 111 cm³/mol. The van der Waals surface area contributed by atoms with Crippen molar-refractivity contribution in [1.29, 1.82) is 0 Å². The number of halogens is 1. The zero-order valence-electron chi connectivity index (χ0n) is 17.1. The second kappa shape index (κ2) is 7.56. The van der Waals surface area contributed by atoms with Crippen molar-refractivity contribution in [1.82, 2.24) is 24.6 Å². The number of fused-ring (bicyclic) bond motifs is 1. The molecule has 3 aromatic rings. The van der Waals surface area contributed by atoms with E-state index in [9.17, 15) is 19.1 Å². The van der Waals surface area contributed by atoms with Gasteiger partial charge >= 0.3 is 0 Å². The van der Waals surface area contributed by atoms with Crippen LogP contribution in [0.5, 0.6) is 0 Å². The van der Waals surface area contributed by atoms with Gasteiger partial charge in [0.1, 0.15) is 11.2 Å². The van der Waals surface area contributed by atoms with Gasteiger partial charge in [0, 0.05) is 25.9 Å². The molecule has 1 aromatic carbocycles. The molecule has 1 aliphatic carbocycles. The molecule has 2 fully saturated rings. The molecule has 0 spiro atoms. The molecule has 1 aliphatic heterocycles. The van der Waals surface area contributed by atoms with Gasteiger partial charge in [-0.3, -0.25) is 9.59 Å². The standard InChI is InChI=1S/C22H24FN5O3/c23-15-3-5-16(6-4-15)28-20-19(21(30)25-13-24-20)17(26-28)12-22(31)7-9-27(10-8-22)18(29)11-14-1-2-14/h3-6,13-14,31H,1-2,7-12H2,(H,24,25,30). The lowest BCUT2D eigenvalue weighted by molar-refractivity contribution is -0.135. The van der Waals surface area contributed by atoms with Gasteiger partial charge in [-0.05, 0) is 55.9 Å². The van der Waals surface area contributed by atoms with Crippen molar-refractivity contribution in [3.05, 3.63) is 52.5 Å². The Labute approximate surface area is 177 Å². The van der Waals surface area contributed by atoms with E-state index < -0.39 is 5.60 Å². The SMILES string of the molecule is O=C(CC1CC1)N1CCC(O)(Cc2nn(-c3ccc(F)cc3)c3nc[nH]c(=O)c23)CC1. The van der Waals surface area contributed by atoms with Crippen LogP contribution < -0.4 is 5.56 Å². The van der Waals surface area contributed by atoms with E-state index >= 15 is 0 Å². The molecule has 1 saturated carbocycles. The maximum Gasteiger partial charge on any atom is 0.262 e. The summed E-state index contributed by atoms with van der Waals surface area (Å²) in [5, 5.41) is 16.1. The third-order valence-electron chi connectivity index (χ3n) is 6.32. The Morgan fingerprint density at radius 1 is 1.23 bits per heavy atom. The average Bonchev–Trinajstić information content (AvgIpc) is 3.49. The number of aromatic nitrogens is 4. The lowest BCUT2D eigenvalue weighted by atomic mass is 9.86. The molecule has 2 N–H and O–H groups in total.